The third kappa shape index (κ3) is 1.93. The van der Waals surface area contributed by atoms with E-state index < -0.39 is 23.3 Å². The van der Waals surface area contributed by atoms with E-state index in [-0.39, 0.29) is 12.3 Å². The number of hydrogen-bond acceptors (Lipinski definition) is 5. The van der Waals surface area contributed by atoms with Gasteiger partial charge in [-0.15, -0.1) is 0 Å². The normalized spacial score (nSPS) is 27.5. The molecule has 176 valence electrons. The number of para-hydroxylation sites is 2. The lowest BCUT2D eigenvalue weighted by Gasteiger charge is -2.45. The fourth-order valence-corrected chi connectivity index (χ4v) is 7.08. The summed E-state index contributed by atoms with van der Waals surface area (Å²) in [5.41, 5.74) is 1.40. The maximum Gasteiger partial charge on any atom is 0.252 e. The first kappa shape index (κ1) is 19.8. The third-order valence-electron chi connectivity index (χ3n) is 8.62. The summed E-state index contributed by atoms with van der Waals surface area (Å²) in [6.07, 6.45) is -0.729. The van der Waals surface area contributed by atoms with Crippen LogP contribution in [0.15, 0.2) is 48.5 Å². The number of benzene rings is 3. The first-order chi connectivity index (χ1) is 16.7. The molecule has 3 aliphatic rings. The van der Waals surface area contributed by atoms with Crippen molar-refractivity contribution in [1.82, 2.24) is 14.5 Å². The highest BCUT2D eigenvalue weighted by molar-refractivity contribution is 6.31. The molecule has 0 radical (unpaired) electrons. The molecule has 0 spiro atoms. The summed E-state index contributed by atoms with van der Waals surface area (Å²) in [5, 5.41) is 40.4. The van der Waals surface area contributed by atoms with E-state index in [9.17, 15) is 20.1 Å². The van der Waals surface area contributed by atoms with Crippen molar-refractivity contribution in [2.75, 3.05) is 0 Å². The third-order valence-corrected chi connectivity index (χ3v) is 8.62. The van der Waals surface area contributed by atoms with E-state index in [1.807, 2.05) is 57.7 Å². The molecular formula is C27H23N3O5. The highest BCUT2D eigenvalue weighted by Gasteiger charge is 2.68. The van der Waals surface area contributed by atoms with Crippen molar-refractivity contribution in [2.24, 2.45) is 0 Å². The molecule has 8 rings (SSSR count). The zero-order chi connectivity index (χ0) is 24.1. The van der Waals surface area contributed by atoms with E-state index in [0.717, 1.165) is 49.2 Å². The van der Waals surface area contributed by atoms with Gasteiger partial charge in [0.1, 0.15) is 6.23 Å². The molecule has 1 amide bonds. The molecule has 8 nitrogen and oxygen atoms in total. The summed E-state index contributed by atoms with van der Waals surface area (Å²) in [4.78, 5) is 13.2. The number of aliphatic hydroxyl groups is 3. The second-order valence-electron chi connectivity index (χ2n) is 10.4. The Labute approximate surface area is 198 Å². The summed E-state index contributed by atoms with van der Waals surface area (Å²) in [6.45, 7) is 3.33. The average molecular weight is 469 g/mol. The van der Waals surface area contributed by atoms with Gasteiger partial charge in [0.25, 0.3) is 5.91 Å². The maximum absolute atomic E-state index is 13.2. The standard InChI is InChI=1S/C27H23N3O5/c1-25-27(34,26(2,32)33)11-18(35-25)29-16-9-5-3-7-13(16)20-21-15(12-28-24(21)31)19-14-8-4-6-10-17(14)30(25)23(19)22(20)29/h3-10,18,32-34H,11-12H2,1-2H3,(H,28,31)/t18-,25+,27?/m0/s1. The van der Waals surface area contributed by atoms with Crippen LogP contribution in [0.5, 0.6) is 0 Å². The lowest BCUT2D eigenvalue weighted by atomic mass is 9.81. The molecule has 5 aromatic rings. The second kappa shape index (κ2) is 5.68. The summed E-state index contributed by atoms with van der Waals surface area (Å²) in [5.74, 6) is -2.54. The van der Waals surface area contributed by atoms with Crippen molar-refractivity contribution in [3.63, 3.8) is 0 Å². The number of ether oxygens (including phenoxy) is 1. The zero-order valence-corrected chi connectivity index (χ0v) is 19.2. The van der Waals surface area contributed by atoms with E-state index in [4.69, 9.17) is 4.74 Å². The number of carbonyl (C=O) groups excluding carboxylic acids is 1. The number of rotatable bonds is 1. The Morgan fingerprint density at radius 1 is 1.03 bits per heavy atom. The number of carbonyl (C=O) groups is 1. The fourth-order valence-electron chi connectivity index (χ4n) is 7.08. The van der Waals surface area contributed by atoms with E-state index in [0.29, 0.717) is 12.1 Å². The van der Waals surface area contributed by atoms with E-state index in [1.54, 1.807) is 6.92 Å². The average Bonchev–Trinajstić information content (AvgIpc) is 3.50. The van der Waals surface area contributed by atoms with Gasteiger partial charge in [-0.25, -0.2) is 0 Å². The van der Waals surface area contributed by atoms with Crippen molar-refractivity contribution in [3.8, 4) is 0 Å². The SMILES string of the molecule is CC(O)(O)C1(O)C[C@@H]2O[C@@]1(C)n1c3ccccc3c3c4c(c5c6ccccc6n2c5c31)C(=O)NC4. The Kier molecular flexibility index (Phi) is 3.22. The summed E-state index contributed by atoms with van der Waals surface area (Å²) in [7, 11) is 0. The molecule has 1 fully saturated rings. The van der Waals surface area contributed by atoms with Crippen LogP contribution < -0.4 is 5.32 Å². The Hall–Kier alpha value is -3.43. The quantitative estimate of drug-likeness (QED) is 0.282. The van der Waals surface area contributed by atoms with Gasteiger partial charge in [-0.2, -0.15) is 0 Å². The van der Waals surface area contributed by atoms with Gasteiger partial charge in [0.2, 0.25) is 0 Å². The van der Waals surface area contributed by atoms with Gasteiger partial charge in [0, 0.05) is 34.5 Å². The van der Waals surface area contributed by atoms with Gasteiger partial charge >= 0.3 is 0 Å². The van der Waals surface area contributed by atoms with Crippen LogP contribution in [-0.2, 0) is 17.0 Å². The van der Waals surface area contributed by atoms with Crippen molar-refractivity contribution < 1.29 is 24.9 Å². The van der Waals surface area contributed by atoms with E-state index >= 15 is 0 Å². The smallest absolute Gasteiger partial charge is 0.252 e. The number of hydrogen-bond donors (Lipinski definition) is 4. The number of amides is 1. The van der Waals surface area contributed by atoms with Crippen LogP contribution in [0.2, 0.25) is 0 Å². The summed E-state index contributed by atoms with van der Waals surface area (Å²) >= 11 is 0. The number of nitrogens with zero attached hydrogens (tertiary/aromatic N) is 2. The van der Waals surface area contributed by atoms with E-state index in [1.165, 1.54) is 6.92 Å². The van der Waals surface area contributed by atoms with Gasteiger partial charge in [-0.1, -0.05) is 36.4 Å². The topological polar surface area (TPSA) is 109 Å². The first-order valence-electron chi connectivity index (χ1n) is 11.8. The highest BCUT2D eigenvalue weighted by Crippen LogP contribution is 2.59. The lowest BCUT2D eigenvalue weighted by molar-refractivity contribution is -0.316. The molecule has 35 heavy (non-hydrogen) atoms. The molecular weight excluding hydrogens is 446 g/mol. The van der Waals surface area contributed by atoms with Crippen molar-refractivity contribution in [1.29, 1.82) is 0 Å². The van der Waals surface area contributed by atoms with Crippen molar-refractivity contribution in [3.05, 3.63) is 59.7 Å². The van der Waals surface area contributed by atoms with Gasteiger partial charge in [-0.3, -0.25) is 4.79 Å². The maximum atomic E-state index is 13.2. The minimum absolute atomic E-state index is 0.0442. The molecule has 3 aliphatic heterocycles. The Morgan fingerprint density at radius 3 is 2.40 bits per heavy atom. The van der Waals surface area contributed by atoms with Gasteiger partial charge in [-0.05, 0) is 31.5 Å². The van der Waals surface area contributed by atoms with Crippen molar-refractivity contribution in [2.45, 2.75) is 50.2 Å². The van der Waals surface area contributed by atoms with Crippen LogP contribution in [0.4, 0.5) is 0 Å². The molecule has 3 aromatic carbocycles. The lowest BCUT2D eigenvalue weighted by Crippen LogP contribution is -2.63. The minimum Gasteiger partial charge on any atom is -0.379 e. The second-order valence-corrected chi connectivity index (χ2v) is 10.4. The minimum atomic E-state index is -2.44. The predicted octanol–water partition coefficient (Wildman–Crippen LogP) is 3.18. The molecule has 0 saturated carbocycles. The molecule has 1 saturated heterocycles. The molecule has 5 heterocycles. The van der Waals surface area contributed by atoms with Crippen LogP contribution in [-0.4, -0.2) is 41.7 Å². The molecule has 0 aliphatic carbocycles. The Bertz CT molecular complexity index is 1810. The molecule has 8 heteroatoms. The van der Waals surface area contributed by atoms with Crippen molar-refractivity contribution >= 4 is 49.5 Å². The van der Waals surface area contributed by atoms with Gasteiger partial charge in [0.15, 0.2) is 17.1 Å². The Morgan fingerprint density at radius 2 is 1.69 bits per heavy atom. The van der Waals surface area contributed by atoms with Crippen LogP contribution in [0, 0.1) is 0 Å². The molecule has 3 atom stereocenters. The predicted molar refractivity (Wildman–Crippen MR) is 130 cm³/mol. The fraction of sp³-hybridized carbons (Fsp3) is 0.296. The van der Waals surface area contributed by atoms with Crippen LogP contribution >= 0.6 is 0 Å². The van der Waals surface area contributed by atoms with E-state index in [2.05, 4.69) is 5.32 Å². The van der Waals surface area contributed by atoms with Crippen LogP contribution in [0.3, 0.4) is 0 Å². The van der Waals surface area contributed by atoms with Gasteiger partial charge < -0.3 is 34.5 Å². The zero-order valence-electron chi connectivity index (χ0n) is 19.2. The number of fused-ring (bicyclic) bond motifs is 13. The van der Waals surface area contributed by atoms with Crippen LogP contribution in [0.1, 0.15) is 42.4 Å². The summed E-state index contributed by atoms with van der Waals surface area (Å²) in [6, 6.07) is 15.7. The highest BCUT2D eigenvalue weighted by atomic mass is 16.6. The number of nitrogens with one attached hydrogen (secondary N) is 1. The Balaban J connectivity index is 1.74. The molecule has 1 unspecified atom stereocenters. The molecule has 4 N–H and O–H groups in total. The van der Waals surface area contributed by atoms with Gasteiger partial charge in [0.05, 0.1) is 27.6 Å². The monoisotopic (exact) mass is 469 g/mol. The summed E-state index contributed by atoms with van der Waals surface area (Å²) < 4.78 is 10.6. The first-order valence-corrected chi connectivity index (χ1v) is 11.8. The largest absolute Gasteiger partial charge is 0.379 e. The van der Waals surface area contributed by atoms with Crippen LogP contribution in [0.25, 0.3) is 43.6 Å². The molecule has 2 bridgehead atoms. The molecule has 2 aromatic heterocycles. The number of aromatic nitrogens is 2.